The Bertz CT molecular complexity index is 864. The molecule has 0 amide bonds. The highest BCUT2D eigenvalue weighted by molar-refractivity contribution is 7.89. The van der Waals surface area contributed by atoms with E-state index in [4.69, 9.17) is 4.74 Å². The van der Waals surface area contributed by atoms with Crippen LogP contribution < -0.4 is 0 Å². The average molecular weight is 346 g/mol. The number of hydrogen-bond acceptors (Lipinski definition) is 4. The summed E-state index contributed by atoms with van der Waals surface area (Å²) in [6.07, 6.45) is 5.76. The van der Waals surface area contributed by atoms with Crippen molar-refractivity contribution in [2.45, 2.75) is 49.6 Å². The number of benzene rings is 1. The van der Waals surface area contributed by atoms with Crippen molar-refractivity contribution in [2.75, 3.05) is 13.2 Å². The maximum atomic E-state index is 13.4. The van der Waals surface area contributed by atoms with Crippen LogP contribution in [-0.4, -0.2) is 43.0 Å². The van der Waals surface area contributed by atoms with Crippen molar-refractivity contribution in [3.05, 3.63) is 36.0 Å². The minimum absolute atomic E-state index is 0.0347. The lowest BCUT2D eigenvalue weighted by Crippen LogP contribution is -2.54. The molecule has 128 valence electrons. The van der Waals surface area contributed by atoms with Gasteiger partial charge in [0.15, 0.2) is 0 Å². The van der Waals surface area contributed by atoms with Crippen LogP contribution >= 0.6 is 0 Å². The summed E-state index contributed by atoms with van der Waals surface area (Å²) >= 11 is 0. The molecule has 2 fully saturated rings. The highest BCUT2D eigenvalue weighted by atomic mass is 32.2. The smallest absolute Gasteiger partial charge is 0.245 e. The molecule has 2 aromatic rings. The Morgan fingerprint density at radius 3 is 2.96 bits per heavy atom. The monoisotopic (exact) mass is 346 g/mol. The van der Waals surface area contributed by atoms with Crippen molar-refractivity contribution in [2.24, 2.45) is 0 Å². The third kappa shape index (κ3) is 2.62. The quantitative estimate of drug-likeness (QED) is 0.839. The second kappa shape index (κ2) is 6.10. The van der Waals surface area contributed by atoms with E-state index in [0.717, 1.165) is 36.6 Å². The number of ether oxygens (including phenoxy) is 1. The van der Waals surface area contributed by atoms with Crippen molar-refractivity contribution in [3.63, 3.8) is 0 Å². The molecule has 2 aliphatic rings. The van der Waals surface area contributed by atoms with Crippen molar-refractivity contribution >= 4 is 20.9 Å². The number of aryl methyl sites for hydroxylation is 1. The van der Waals surface area contributed by atoms with Crippen molar-refractivity contribution in [3.8, 4) is 0 Å². The molecule has 0 radical (unpaired) electrons. The minimum atomic E-state index is -3.58. The molecule has 0 N–H and O–H groups in total. The summed E-state index contributed by atoms with van der Waals surface area (Å²) in [5.74, 6) is 0. The summed E-state index contributed by atoms with van der Waals surface area (Å²) in [5, 5.41) is 0.865. The summed E-state index contributed by atoms with van der Waals surface area (Å²) in [6, 6.07) is 7.32. The van der Waals surface area contributed by atoms with Gasteiger partial charge in [0.2, 0.25) is 10.0 Å². The fourth-order valence-electron chi connectivity index (χ4n) is 3.94. The highest BCUT2D eigenvalue weighted by Gasteiger charge is 2.41. The van der Waals surface area contributed by atoms with Gasteiger partial charge < -0.3 is 4.74 Å². The Balaban J connectivity index is 1.80. The summed E-state index contributed by atoms with van der Waals surface area (Å²) in [5.41, 5.74) is 1.58. The van der Waals surface area contributed by atoms with Crippen molar-refractivity contribution < 1.29 is 13.2 Å². The number of hydrogen-bond donors (Lipinski definition) is 0. The number of aromatic nitrogens is 1. The molecule has 5 nitrogen and oxygen atoms in total. The van der Waals surface area contributed by atoms with Gasteiger partial charge in [-0.25, -0.2) is 8.42 Å². The maximum absolute atomic E-state index is 13.4. The van der Waals surface area contributed by atoms with Gasteiger partial charge in [-0.15, -0.1) is 0 Å². The maximum Gasteiger partial charge on any atom is 0.245 e. The topological polar surface area (TPSA) is 59.5 Å². The fraction of sp³-hybridized carbons (Fsp3) is 0.500. The van der Waals surface area contributed by atoms with E-state index in [1.54, 1.807) is 22.6 Å². The van der Waals surface area contributed by atoms with Gasteiger partial charge in [0, 0.05) is 18.1 Å². The Kier molecular flexibility index (Phi) is 4.06. The molecule has 0 unspecified atom stereocenters. The van der Waals surface area contributed by atoms with Crippen LogP contribution in [0.15, 0.2) is 35.4 Å². The first-order valence-electron chi connectivity index (χ1n) is 8.56. The van der Waals surface area contributed by atoms with Crippen LogP contribution in [0, 0.1) is 6.92 Å². The largest absolute Gasteiger partial charge is 0.375 e. The standard InChI is InChI=1S/C18H22N2O3S/c1-13-11-14-5-4-8-17(18(14)19-12-13)24(21,22)20-9-10-23-16-7-3-2-6-15(16)20/h4-5,8,11-12,15-16H,2-3,6-7,9-10H2,1H3/t15-,16+/m0/s1. The van der Waals surface area contributed by atoms with Crippen molar-refractivity contribution in [1.29, 1.82) is 0 Å². The van der Waals surface area contributed by atoms with Crippen LogP contribution in [-0.2, 0) is 14.8 Å². The van der Waals surface area contributed by atoms with E-state index in [0.29, 0.717) is 23.6 Å². The molecule has 1 aliphatic carbocycles. The molecule has 24 heavy (non-hydrogen) atoms. The molecule has 1 aromatic carbocycles. The first-order valence-corrected chi connectivity index (χ1v) is 10.0. The number of para-hydroxylation sites is 1. The number of sulfonamides is 1. The van der Waals surface area contributed by atoms with Gasteiger partial charge in [-0.3, -0.25) is 4.98 Å². The molecule has 1 aliphatic heterocycles. The summed E-state index contributed by atoms with van der Waals surface area (Å²) in [4.78, 5) is 4.72. The number of fused-ring (bicyclic) bond motifs is 2. The number of nitrogens with zero attached hydrogens (tertiary/aromatic N) is 2. The van der Waals surface area contributed by atoms with E-state index < -0.39 is 10.0 Å². The second-order valence-corrected chi connectivity index (χ2v) is 8.58. The van der Waals surface area contributed by atoms with E-state index in [1.165, 1.54) is 0 Å². The van der Waals surface area contributed by atoms with Crippen LogP contribution in [0.2, 0.25) is 0 Å². The summed E-state index contributed by atoms with van der Waals surface area (Å²) in [6.45, 7) is 2.85. The van der Waals surface area contributed by atoms with Crippen LogP contribution in [0.5, 0.6) is 0 Å². The third-order valence-electron chi connectivity index (χ3n) is 5.08. The van der Waals surface area contributed by atoms with Crippen molar-refractivity contribution in [1.82, 2.24) is 9.29 Å². The second-order valence-electron chi connectivity index (χ2n) is 6.72. The lowest BCUT2D eigenvalue weighted by molar-refractivity contribution is -0.0585. The molecule has 2 heterocycles. The lowest BCUT2D eigenvalue weighted by Gasteiger charge is -2.42. The van der Waals surface area contributed by atoms with Gasteiger partial charge in [0.05, 0.1) is 24.3 Å². The van der Waals surface area contributed by atoms with Gasteiger partial charge in [0.25, 0.3) is 0 Å². The Hall–Kier alpha value is -1.50. The zero-order valence-electron chi connectivity index (χ0n) is 13.8. The zero-order valence-corrected chi connectivity index (χ0v) is 14.6. The van der Waals surface area contributed by atoms with E-state index in [-0.39, 0.29) is 12.1 Å². The molecule has 0 spiro atoms. The van der Waals surface area contributed by atoms with Gasteiger partial charge in [0.1, 0.15) is 4.90 Å². The molecular formula is C18H22N2O3S. The zero-order chi connectivity index (χ0) is 16.7. The van der Waals surface area contributed by atoms with Crippen LogP contribution in [0.25, 0.3) is 10.9 Å². The van der Waals surface area contributed by atoms with E-state index in [2.05, 4.69) is 4.98 Å². The molecule has 1 saturated heterocycles. The third-order valence-corrected chi connectivity index (χ3v) is 7.03. The van der Waals surface area contributed by atoms with Gasteiger partial charge in [-0.2, -0.15) is 4.31 Å². The van der Waals surface area contributed by atoms with Gasteiger partial charge in [-0.05, 0) is 37.5 Å². The Morgan fingerprint density at radius 1 is 1.25 bits per heavy atom. The molecule has 4 rings (SSSR count). The summed E-state index contributed by atoms with van der Waals surface area (Å²) < 4.78 is 34.2. The summed E-state index contributed by atoms with van der Waals surface area (Å²) in [7, 11) is -3.58. The van der Waals surface area contributed by atoms with Crippen LogP contribution in [0.4, 0.5) is 0 Å². The first kappa shape index (κ1) is 16.0. The predicted molar refractivity (Wildman–Crippen MR) is 92.4 cm³/mol. The number of morpholine rings is 1. The lowest BCUT2D eigenvalue weighted by atomic mass is 9.91. The minimum Gasteiger partial charge on any atom is -0.375 e. The molecule has 0 bridgehead atoms. The number of rotatable bonds is 2. The Labute approximate surface area is 142 Å². The Morgan fingerprint density at radius 2 is 2.08 bits per heavy atom. The predicted octanol–water partition coefficient (Wildman–Crippen LogP) is 2.88. The normalized spacial score (nSPS) is 25.5. The highest BCUT2D eigenvalue weighted by Crippen LogP contribution is 2.34. The SMILES string of the molecule is Cc1cnc2c(S(=O)(=O)N3CCO[C@@H]4CCCC[C@@H]43)cccc2c1. The van der Waals surface area contributed by atoms with Gasteiger partial charge in [-0.1, -0.05) is 25.0 Å². The molecule has 6 heteroatoms. The fourth-order valence-corrected chi connectivity index (χ4v) is 5.77. The van der Waals surface area contributed by atoms with E-state index in [9.17, 15) is 8.42 Å². The van der Waals surface area contributed by atoms with E-state index in [1.807, 2.05) is 19.1 Å². The molecule has 2 atom stereocenters. The van der Waals surface area contributed by atoms with Crippen LogP contribution in [0.3, 0.4) is 0 Å². The number of pyridine rings is 1. The van der Waals surface area contributed by atoms with Crippen LogP contribution in [0.1, 0.15) is 31.2 Å². The molecule has 1 saturated carbocycles. The molecular weight excluding hydrogens is 324 g/mol. The van der Waals surface area contributed by atoms with E-state index >= 15 is 0 Å². The molecule has 1 aromatic heterocycles. The van der Waals surface area contributed by atoms with Gasteiger partial charge >= 0.3 is 0 Å². The average Bonchev–Trinajstić information content (AvgIpc) is 2.60. The first-order chi connectivity index (χ1) is 11.6.